The van der Waals surface area contributed by atoms with Gasteiger partial charge in [-0.15, -0.1) is 0 Å². The Morgan fingerprint density at radius 3 is 2.91 bits per heavy atom. The Labute approximate surface area is 129 Å². The molecular weight excluding hydrogens is 283 g/mol. The maximum Gasteiger partial charge on any atom is 0.318 e. The first-order valence-electron chi connectivity index (χ1n) is 7.47. The van der Waals surface area contributed by atoms with Gasteiger partial charge in [0.2, 0.25) is 0 Å². The first-order valence-corrected chi connectivity index (χ1v) is 7.47. The Hall–Kier alpha value is -2.21. The van der Waals surface area contributed by atoms with Crippen LogP contribution in [0.1, 0.15) is 5.56 Å². The number of anilines is 1. The second-order valence-electron chi connectivity index (χ2n) is 5.16. The number of aromatic nitrogens is 2. The number of hydrogen-bond acceptors (Lipinski definition) is 5. The third-order valence-electron chi connectivity index (χ3n) is 3.57. The lowest BCUT2D eigenvalue weighted by atomic mass is 10.2. The van der Waals surface area contributed by atoms with Crippen molar-refractivity contribution >= 4 is 5.82 Å². The molecule has 0 radical (unpaired) electrons. The average molecular weight is 302 g/mol. The topological polar surface area (TPSA) is 50.3 Å². The Morgan fingerprint density at radius 2 is 2.09 bits per heavy atom. The normalized spacial score (nSPS) is 14.9. The summed E-state index contributed by atoms with van der Waals surface area (Å²) in [4.78, 5) is 10.8. The molecule has 1 aliphatic rings. The van der Waals surface area contributed by atoms with Crippen LogP contribution in [0.3, 0.4) is 0 Å². The summed E-state index contributed by atoms with van der Waals surface area (Å²) in [6, 6.07) is 8.79. The van der Waals surface area contributed by atoms with Crippen LogP contribution in [0.15, 0.2) is 36.5 Å². The van der Waals surface area contributed by atoms with Crippen LogP contribution in [0.4, 0.5) is 10.2 Å². The molecule has 6 heteroatoms. The van der Waals surface area contributed by atoms with E-state index in [2.05, 4.69) is 20.2 Å². The van der Waals surface area contributed by atoms with Crippen LogP contribution in [0.25, 0.3) is 0 Å². The minimum absolute atomic E-state index is 0.227. The summed E-state index contributed by atoms with van der Waals surface area (Å²) >= 11 is 0. The molecule has 1 saturated heterocycles. The Balaban J connectivity index is 1.56. The molecule has 2 aromatic rings. The van der Waals surface area contributed by atoms with Crippen molar-refractivity contribution in [3.8, 4) is 6.01 Å². The van der Waals surface area contributed by atoms with Crippen molar-refractivity contribution in [2.24, 2.45) is 0 Å². The van der Waals surface area contributed by atoms with Gasteiger partial charge in [-0.1, -0.05) is 12.1 Å². The van der Waals surface area contributed by atoms with E-state index in [1.807, 2.05) is 12.1 Å². The van der Waals surface area contributed by atoms with E-state index >= 15 is 0 Å². The maximum absolute atomic E-state index is 13.1. The number of nitrogens with zero attached hydrogens (tertiary/aromatic N) is 3. The molecule has 0 aliphatic carbocycles. The number of piperazine rings is 1. The smallest absolute Gasteiger partial charge is 0.318 e. The zero-order chi connectivity index (χ0) is 15.2. The summed E-state index contributed by atoms with van der Waals surface area (Å²) < 4.78 is 18.7. The van der Waals surface area contributed by atoms with Gasteiger partial charge in [-0.05, 0) is 23.8 Å². The summed E-state index contributed by atoms with van der Waals surface area (Å²) in [6.07, 6.45) is 2.33. The highest BCUT2D eigenvalue weighted by molar-refractivity contribution is 5.38. The maximum atomic E-state index is 13.1. The van der Waals surface area contributed by atoms with Crippen LogP contribution < -0.4 is 15.0 Å². The number of halogens is 1. The van der Waals surface area contributed by atoms with Gasteiger partial charge in [0, 0.05) is 38.8 Å². The van der Waals surface area contributed by atoms with Gasteiger partial charge in [0.15, 0.2) is 0 Å². The van der Waals surface area contributed by atoms with Crippen molar-refractivity contribution in [1.82, 2.24) is 15.3 Å². The average Bonchev–Trinajstić information content (AvgIpc) is 2.56. The third-order valence-corrected chi connectivity index (χ3v) is 3.57. The van der Waals surface area contributed by atoms with E-state index in [-0.39, 0.29) is 5.82 Å². The predicted molar refractivity (Wildman–Crippen MR) is 82.7 cm³/mol. The Morgan fingerprint density at radius 1 is 1.23 bits per heavy atom. The van der Waals surface area contributed by atoms with E-state index in [0.717, 1.165) is 37.6 Å². The fourth-order valence-electron chi connectivity index (χ4n) is 2.42. The van der Waals surface area contributed by atoms with Gasteiger partial charge < -0.3 is 15.0 Å². The quantitative estimate of drug-likeness (QED) is 0.910. The Bertz CT molecular complexity index is 617. The first-order chi connectivity index (χ1) is 10.8. The summed E-state index contributed by atoms with van der Waals surface area (Å²) in [7, 11) is 0. The van der Waals surface area contributed by atoms with E-state index in [1.165, 1.54) is 12.1 Å². The van der Waals surface area contributed by atoms with Gasteiger partial charge in [0.1, 0.15) is 11.6 Å². The zero-order valence-corrected chi connectivity index (χ0v) is 12.3. The number of hydrogen-bond donors (Lipinski definition) is 1. The molecule has 1 aromatic carbocycles. The molecular formula is C16H19FN4O. The standard InChI is InChI=1S/C16H19FN4O/c17-14-3-1-2-13(12-14)5-11-22-16-19-6-4-15(20-16)21-9-7-18-8-10-21/h1-4,6,12,18H,5,7-11H2. The van der Waals surface area contributed by atoms with Gasteiger partial charge in [0.05, 0.1) is 6.61 Å². The Kier molecular flexibility index (Phi) is 4.80. The van der Waals surface area contributed by atoms with E-state index in [9.17, 15) is 4.39 Å². The summed E-state index contributed by atoms with van der Waals surface area (Å²) in [5.41, 5.74) is 0.901. The molecule has 0 bridgehead atoms. The fraction of sp³-hybridized carbons (Fsp3) is 0.375. The lowest BCUT2D eigenvalue weighted by Gasteiger charge is -2.28. The highest BCUT2D eigenvalue weighted by Crippen LogP contribution is 2.14. The molecule has 5 nitrogen and oxygen atoms in total. The summed E-state index contributed by atoms with van der Waals surface area (Å²) in [6.45, 7) is 4.20. The van der Waals surface area contributed by atoms with Gasteiger partial charge in [-0.2, -0.15) is 4.98 Å². The van der Waals surface area contributed by atoms with Gasteiger partial charge in [-0.3, -0.25) is 0 Å². The van der Waals surface area contributed by atoms with Crippen LogP contribution in [0, 0.1) is 5.82 Å². The van der Waals surface area contributed by atoms with Gasteiger partial charge >= 0.3 is 6.01 Å². The molecule has 22 heavy (non-hydrogen) atoms. The minimum atomic E-state index is -0.227. The van der Waals surface area contributed by atoms with E-state index in [1.54, 1.807) is 12.3 Å². The summed E-state index contributed by atoms with van der Waals surface area (Å²) in [5, 5.41) is 3.31. The van der Waals surface area contributed by atoms with E-state index in [0.29, 0.717) is 19.0 Å². The molecule has 0 spiro atoms. The van der Waals surface area contributed by atoms with Crippen LogP contribution in [-0.4, -0.2) is 42.8 Å². The van der Waals surface area contributed by atoms with Crippen LogP contribution in [0.5, 0.6) is 6.01 Å². The monoisotopic (exact) mass is 302 g/mol. The van der Waals surface area contributed by atoms with Crippen molar-refractivity contribution < 1.29 is 9.13 Å². The molecule has 0 saturated carbocycles. The molecule has 116 valence electrons. The second-order valence-corrected chi connectivity index (χ2v) is 5.16. The van der Waals surface area contributed by atoms with Crippen molar-refractivity contribution in [1.29, 1.82) is 0 Å². The van der Waals surface area contributed by atoms with Crippen LogP contribution >= 0.6 is 0 Å². The lowest BCUT2D eigenvalue weighted by Crippen LogP contribution is -2.43. The fourth-order valence-corrected chi connectivity index (χ4v) is 2.42. The third kappa shape index (κ3) is 3.92. The van der Waals surface area contributed by atoms with Gasteiger partial charge in [-0.25, -0.2) is 9.37 Å². The van der Waals surface area contributed by atoms with Crippen molar-refractivity contribution in [2.75, 3.05) is 37.7 Å². The van der Waals surface area contributed by atoms with Gasteiger partial charge in [0.25, 0.3) is 0 Å². The molecule has 1 aliphatic heterocycles. The molecule has 1 N–H and O–H groups in total. The second kappa shape index (κ2) is 7.17. The number of rotatable bonds is 5. The van der Waals surface area contributed by atoms with Crippen molar-refractivity contribution in [3.63, 3.8) is 0 Å². The molecule has 0 amide bonds. The van der Waals surface area contributed by atoms with E-state index in [4.69, 9.17) is 4.74 Å². The van der Waals surface area contributed by atoms with E-state index < -0.39 is 0 Å². The zero-order valence-electron chi connectivity index (χ0n) is 12.3. The number of benzene rings is 1. The molecule has 2 heterocycles. The molecule has 1 fully saturated rings. The SMILES string of the molecule is Fc1cccc(CCOc2nccc(N3CCNCC3)n2)c1. The highest BCUT2D eigenvalue weighted by Gasteiger charge is 2.12. The van der Waals surface area contributed by atoms with Crippen LogP contribution in [-0.2, 0) is 6.42 Å². The van der Waals surface area contributed by atoms with Crippen molar-refractivity contribution in [3.05, 3.63) is 47.9 Å². The summed E-state index contributed by atoms with van der Waals surface area (Å²) in [5.74, 6) is 0.659. The molecule has 3 rings (SSSR count). The molecule has 0 atom stereocenters. The van der Waals surface area contributed by atoms with Crippen molar-refractivity contribution in [2.45, 2.75) is 6.42 Å². The molecule has 1 aromatic heterocycles. The van der Waals surface area contributed by atoms with Crippen LogP contribution in [0.2, 0.25) is 0 Å². The lowest BCUT2D eigenvalue weighted by molar-refractivity contribution is 0.296. The molecule has 0 unspecified atom stereocenters. The largest absolute Gasteiger partial charge is 0.463 e. The minimum Gasteiger partial charge on any atom is -0.463 e. The first kappa shape index (κ1) is 14.7. The number of nitrogens with one attached hydrogen (secondary N) is 1. The predicted octanol–water partition coefficient (Wildman–Crippen LogP) is 1.65. The number of ether oxygens (including phenoxy) is 1. The highest BCUT2D eigenvalue weighted by atomic mass is 19.1.